The number of nitrogens with zero attached hydrogens (tertiary/aromatic N) is 1. The van der Waals surface area contributed by atoms with Crippen molar-refractivity contribution in [2.45, 2.75) is 30.6 Å². The summed E-state index contributed by atoms with van der Waals surface area (Å²) in [6.45, 7) is 2.69. The maximum Gasteiger partial charge on any atom is 0.258 e. The van der Waals surface area contributed by atoms with Crippen LogP contribution in [0.4, 0.5) is 5.69 Å². The van der Waals surface area contributed by atoms with E-state index in [1.54, 1.807) is 42.2 Å². The Kier molecular flexibility index (Phi) is 6.54. The molecule has 0 aromatic heterocycles. The molecule has 1 heterocycles. The number of piperidine rings is 1. The summed E-state index contributed by atoms with van der Waals surface area (Å²) in [5, 5.41) is 9.43. The molecule has 1 saturated heterocycles. The Morgan fingerprint density at radius 1 is 1.12 bits per heavy atom. The fourth-order valence-electron chi connectivity index (χ4n) is 3.99. The lowest BCUT2D eigenvalue weighted by molar-refractivity contribution is 0.0712. The molecule has 0 aliphatic carbocycles. The third kappa shape index (κ3) is 5.08. The van der Waals surface area contributed by atoms with Crippen LogP contribution in [0.2, 0.25) is 0 Å². The number of nitrogens with one attached hydrogen (secondary N) is 2. The largest absolute Gasteiger partial charge is 0.399 e. The van der Waals surface area contributed by atoms with Crippen molar-refractivity contribution in [1.29, 1.82) is 5.41 Å². The van der Waals surface area contributed by atoms with Crippen LogP contribution in [0, 0.1) is 12.3 Å². The molecule has 0 atom stereocenters. The zero-order valence-electron chi connectivity index (χ0n) is 18.0. The molecule has 1 aliphatic rings. The van der Waals surface area contributed by atoms with Gasteiger partial charge in [-0.15, -0.1) is 0 Å². The van der Waals surface area contributed by atoms with Gasteiger partial charge in [0.15, 0.2) is 15.8 Å². The molecule has 0 saturated carbocycles. The number of carbonyl (C=O) groups excluding carboxylic acids is 2. The molecular formula is C22H27N5O4S. The fourth-order valence-corrected chi connectivity index (χ4v) is 4.97. The summed E-state index contributed by atoms with van der Waals surface area (Å²) >= 11 is 0. The summed E-state index contributed by atoms with van der Waals surface area (Å²) < 4.78 is 25.0. The zero-order chi connectivity index (χ0) is 23.6. The Hall–Kier alpha value is -3.40. The smallest absolute Gasteiger partial charge is 0.258 e. The first-order valence-electron chi connectivity index (χ1n) is 10.1. The number of sulfone groups is 1. The van der Waals surface area contributed by atoms with Gasteiger partial charge in [-0.25, -0.2) is 8.42 Å². The molecule has 10 heteroatoms. The number of carbonyl (C=O) groups is 2. The normalized spacial score (nSPS) is 14.8. The van der Waals surface area contributed by atoms with Gasteiger partial charge in [-0.1, -0.05) is 6.07 Å². The van der Waals surface area contributed by atoms with Gasteiger partial charge in [-0.2, -0.15) is 0 Å². The molecule has 9 nitrogen and oxygen atoms in total. The average Bonchev–Trinajstić information content (AvgIpc) is 2.72. The number of benzene rings is 2. The number of likely N-dealkylation sites (tertiary alicyclic amines) is 1. The van der Waals surface area contributed by atoms with Gasteiger partial charge in [0, 0.05) is 36.2 Å². The van der Waals surface area contributed by atoms with Crippen molar-refractivity contribution < 1.29 is 18.0 Å². The summed E-state index contributed by atoms with van der Waals surface area (Å²) in [7, 11) is -3.62. The summed E-state index contributed by atoms with van der Waals surface area (Å²) in [6, 6.07) is 9.83. The maximum atomic E-state index is 12.8. The molecule has 0 radical (unpaired) electrons. The highest BCUT2D eigenvalue weighted by molar-refractivity contribution is 7.90. The highest BCUT2D eigenvalue weighted by Crippen LogP contribution is 2.35. The molecule has 0 unspecified atom stereocenters. The van der Waals surface area contributed by atoms with Gasteiger partial charge in [0.25, 0.3) is 11.8 Å². The number of nitrogens with two attached hydrogens (primary N) is 2. The molecule has 170 valence electrons. The molecule has 2 aromatic carbocycles. The summed E-state index contributed by atoms with van der Waals surface area (Å²) in [5.41, 5.74) is 13.5. The van der Waals surface area contributed by atoms with Crippen LogP contribution in [0.3, 0.4) is 0 Å². The van der Waals surface area contributed by atoms with E-state index in [9.17, 15) is 18.0 Å². The predicted molar refractivity (Wildman–Crippen MR) is 122 cm³/mol. The third-order valence-electron chi connectivity index (χ3n) is 5.63. The number of rotatable bonds is 4. The van der Waals surface area contributed by atoms with E-state index in [1.807, 2.05) is 0 Å². The van der Waals surface area contributed by atoms with Crippen LogP contribution in [-0.4, -0.2) is 50.4 Å². The van der Waals surface area contributed by atoms with Crippen LogP contribution in [0.15, 0.2) is 41.3 Å². The van der Waals surface area contributed by atoms with Gasteiger partial charge in [-0.3, -0.25) is 20.3 Å². The number of aryl methyl sites for hydroxylation is 1. The lowest BCUT2D eigenvalue weighted by Crippen LogP contribution is -2.38. The standard InChI is InChI=1S/C22H27N5O4S/c1-13-11-18(19(32(2,30)31)12-17(13)20(28)26-22(24)25)14-7-9-27(10-8-14)21(29)15-3-5-16(23)6-4-15/h3-6,11-12,14H,7-10,23H2,1-2H3,(H4,24,25,26,28). The number of nitrogen functional groups attached to an aromatic ring is 1. The minimum Gasteiger partial charge on any atom is -0.399 e. The first-order valence-corrected chi connectivity index (χ1v) is 12.0. The van der Waals surface area contributed by atoms with Crippen molar-refractivity contribution in [1.82, 2.24) is 10.2 Å². The number of guanidine groups is 1. The van der Waals surface area contributed by atoms with Crippen LogP contribution < -0.4 is 16.8 Å². The second-order valence-corrected chi connectivity index (χ2v) is 10.0. The summed E-state index contributed by atoms with van der Waals surface area (Å²) in [4.78, 5) is 26.9. The SMILES string of the molecule is Cc1cc(C2CCN(C(=O)c3ccc(N)cc3)CC2)c(S(C)(=O)=O)cc1C(=O)NC(=N)N. The van der Waals surface area contributed by atoms with E-state index in [2.05, 4.69) is 5.32 Å². The second kappa shape index (κ2) is 8.99. The van der Waals surface area contributed by atoms with Crippen molar-refractivity contribution in [3.63, 3.8) is 0 Å². The average molecular weight is 458 g/mol. The first kappa shape index (κ1) is 23.3. The predicted octanol–water partition coefficient (Wildman–Crippen LogP) is 1.62. The number of hydrogen-bond acceptors (Lipinski definition) is 6. The lowest BCUT2D eigenvalue weighted by atomic mass is 9.87. The van der Waals surface area contributed by atoms with Crippen LogP contribution in [0.5, 0.6) is 0 Å². The van der Waals surface area contributed by atoms with Gasteiger partial charge < -0.3 is 16.4 Å². The van der Waals surface area contributed by atoms with E-state index in [0.717, 1.165) is 6.26 Å². The van der Waals surface area contributed by atoms with E-state index in [1.165, 1.54) is 6.07 Å². The van der Waals surface area contributed by atoms with E-state index >= 15 is 0 Å². The molecule has 32 heavy (non-hydrogen) atoms. The van der Waals surface area contributed by atoms with Crippen LogP contribution in [-0.2, 0) is 9.84 Å². The second-order valence-electron chi connectivity index (χ2n) is 8.03. The van der Waals surface area contributed by atoms with Gasteiger partial charge in [0.05, 0.1) is 4.90 Å². The molecule has 1 aliphatic heterocycles. The summed E-state index contributed by atoms with van der Waals surface area (Å²) in [6.07, 6.45) is 2.30. The van der Waals surface area contributed by atoms with E-state index < -0.39 is 21.7 Å². The molecule has 0 spiro atoms. The quantitative estimate of drug-likeness (QED) is 0.310. The third-order valence-corrected chi connectivity index (χ3v) is 6.78. The van der Waals surface area contributed by atoms with Crippen LogP contribution >= 0.6 is 0 Å². The molecular weight excluding hydrogens is 430 g/mol. The molecule has 6 N–H and O–H groups in total. The fraction of sp³-hybridized carbons (Fsp3) is 0.318. The first-order chi connectivity index (χ1) is 15.0. The van der Waals surface area contributed by atoms with Gasteiger partial charge in [0.2, 0.25) is 0 Å². The maximum absolute atomic E-state index is 12.8. The van der Waals surface area contributed by atoms with Crippen molar-refractivity contribution in [2.24, 2.45) is 5.73 Å². The zero-order valence-corrected chi connectivity index (χ0v) is 18.8. The minimum atomic E-state index is -3.62. The topological polar surface area (TPSA) is 159 Å². The Balaban J connectivity index is 1.84. The number of amides is 2. The van der Waals surface area contributed by atoms with Crippen molar-refractivity contribution in [3.8, 4) is 0 Å². The van der Waals surface area contributed by atoms with E-state index in [0.29, 0.717) is 48.3 Å². The number of hydrogen-bond donors (Lipinski definition) is 4. The Morgan fingerprint density at radius 3 is 2.25 bits per heavy atom. The molecule has 2 amide bonds. The van der Waals surface area contributed by atoms with Crippen LogP contribution in [0.1, 0.15) is 50.6 Å². The highest BCUT2D eigenvalue weighted by atomic mass is 32.2. The Labute approximate surface area is 187 Å². The summed E-state index contributed by atoms with van der Waals surface area (Å²) in [5.74, 6) is -1.30. The van der Waals surface area contributed by atoms with Crippen LogP contribution in [0.25, 0.3) is 0 Å². The molecule has 3 rings (SSSR count). The van der Waals surface area contributed by atoms with Crippen molar-refractivity contribution in [2.75, 3.05) is 25.1 Å². The molecule has 0 bridgehead atoms. The van der Waals surface area contributed by atoms with Crippen molar-refractivity contribution >= 4 is 33.3 Å². The van der Waals surface area contributed by atoms with Gasteiger partial charge in [-0.05, 0) is 67.1 Å². The van der Waals surface area contributed by atoms with Gasteiger partial charge >= 0.3 is 0 Å². The monoisotopic (exact) mass is 457 g/mol. The van der Waals surface area contributed by atoms with Crippen molar-refractivity contribution in [3.05, 3.63) is 58.7 Å². The van der Waals surface area contributed by atoms with E-state index in [-0.39, 0.29) is 22.3 Å². The van der Waals surface area contributed by atoms with Gasteiger partial charge in [0.1, 0.15) is 0 Å². The number of anilines is 1. The molecule has 2 aromatic rings. The molecule has 1 fully saturated rings. The van der Waals surface area contributed by atoms with E-state index in [4.69, 9.17) is 16.9 Å². The Bertz CT molecular complexity index is 1170. The minimum absolute atomic E-state index is 0.0705. The Morgan fingerprint density at radius 2 is 1.72 bits per heavy atom. The lowest BCUT2D eigenvalue weighted by Gasteiger charge is -2.33. The highest BCUT2D eigenvalue weighted by Gasteiger charge is 2.29.